The molecule has 2 rings (SSSR count). The van der Waals surface area contributed by atoms with Gasteiger partial charge in [-0.05, 0) is 82.9 Å². The minimum Gasteiger partial charge on any atom is -0.372 e. The molecule has 0 radical (unpaired) electrons. The number of piperidine rings is 1. The zero-order chi connectivity index (χ0) is 13.7. The predicted octanol–water partition coefficient (Wildman–Crippen LogP) is 3.48. The molecule has 0 atom stereocenters. The third kappa shape index (κ3) is 4.24. The molecular formula is C17H28N2. The molecule has 0 spiro atoms. The molecular weight excluding hydrogens is 232 g/mol. The summed E-state index contributed by atoms with van der Waals surface area (Å²) in [7, 11) is 4.29. The van der Waals surface area contributed by atoms with E-state index in [2.05, 4.69) is 49.0 Å². The number of nitrogens with zero attached hydrogens (tertiary/aromatic N) is 2. The van der Waals surface area contributed by atoms with Crippen LogP contribution in [0.3, 0.4) is 0 Å². The number of benzene rings is 1. The van der Waals surface area contributed by atoms with E-state index in [1.54, 1.807) is 0 Å². The van der Waals surface area contributed by atoms with Gasteiger partial charge in [-0.1, -0.05) is 6.07 Å². The van der Waals surface area contributed by atoms with Crippen LogP contribution in [0.5, 0.6) is 0 Å². The van der Waals surface area contributed by atoms with Crippen LogP contribution in [-0.4, -0.2) is 38.6 Å². The van der Waals surface area contributed by atoms with E-state index in [1.165, 1.54) is 68.6 Å². The predicted molar refractivity (Wildman–Crippen MR) is 84.1 cm³/mol. The van der Waals surface area contributed by atoms with Gasteiger partial charge in [0, 0.05) is 18.8 Å². The van der Waals surface area contributed by atoms with Crippen molar-refractivity contribution in [2.75, 3.05) is 38.6 Å². The average Bonchev–Trinajstić information content (AvgIpc) is 2.41. The molecule has 0 saturated carbocycles. The molecule has 2 nitrogen and oxygen atoms in total. The fourth-order valence-corrected chi connectivity index (χ4v) is 2.90. The van der Waals surface area contributed by atoms with E-state index in [0.29, 0.717) is 0 Å². The zero-order valence-corrected chi connectivity index (χ0v) is 12.8. The van der Waals surface area contributed by atoms with Crippen LogP contribution in [0.25, 0.3) is 0 Å². The summed E-state index contributed by atoms with van der Waals surface area (Å²) in [5.41, 5.74) is 4.40. The van der Waals surface area contributed by atoms with Gasteiger partial charge in [-0.25, -0.2) is 0 Å². The Morgan fingerprint density at radius 3 is 2.47 bits per heavy atom. The van der Waals surface area contributed by atoms with E-state index in [9.17, 15) is 0 Å². The highest BCUT2D eigenvalue weighted by molar-refractivity contribution is 5.51. The Balaban J connectivity index is 1.96. The van der Waals surface area contributed by atoms with E-state index < -0.39 is 0 Å². The van der Waals surface area contributed by atoms with Gasteiger partial charge in [0.05, 0.1) is 0 Å². The summed E-state index contributed by atoms with van der Waals surface area (Å²) in [4.78, 5) is 4.80. The summed E-state index contributed by atoms with van der Waals surface area (Å²) in [5.74, 6) is 0. The second kappa shape index (κ2) is 6.95. The van der Waals surface area contributed by atoms with Gasteiger partial charge in [-0.15, -0.1) is 0 Å². The SMILES string of the molecule is Cc1cc(N2CCCCC2)ccc1CCCN(C)C. The van der Waals surface area contributed by atoms with Crippen molar-refractivity contribution in [3.8, 4) is 0 Å². The molecule has 0 bridgehead atoms. The highest BCUT2D eigenvalue weighted by Crippen LogP contribution is 2.23. The molecule has 19 heavy (non-hydrogen) atoms. The first kappa shape index (κ1) is 14.4. The minimum absolute atomic E-state index is 1.17. The summed E-state index contributed by atoms with van der Waals surface area (Å²) in [6.45, 7) is 5.91. The third-order valence-corrected chi connectivity index (χ3v) is 4.10. The molecule has 1 saturated heterocycles. The average molecular weight is 260 g/mol. The normalized spacial score (nSPS) is 16.1. The lowest BCUT2D eigenvalue weighted by molar-refractivity contribution is 0.400. The highest BCUT2D eigenvalue weighted by Gasteiger charge is 2.11. The van der Waals surface area contributed by atoms with E-state index in [-0.39, 0.29) is 0 Å². The Labute approximate surface area is 118 Å². The molecule has 106 valence electrons. The first-order valence-electron chi connectivity index (χ1n) is 7.66. The number of hydrogen-bond acceptors (Lipinski definition) is 2. The smallest absolute Gasteiger partial charge is 0.0369 e. The summed E-state index contributed by atoms with van der Waals surface area (Å²) >= 11 is 0. The monoisotopic (exact) mass is 260 g/mol. The maximum atomic E-state index is 2.54. The van der Waals surface area contributed by atoms with Crippen molar-refractivity contribution >= 4 is 5.69 Å². The number of rotatable bonds is 5. The molecule has 0 aliphatic carbocycles. The number of anilines is 1. The molecule has 0 unspecified atom stereocenters. The zero-order valence-electron chi connectivity index (χ0n) is 12.8. The highest BCUT2D eigenvalue weighted by atomic mass is 15.1. The van der Waals surface area contributed by atoms with Gasteiger partial charge in [0.1, 0.15) is 0 Å². The van der Waals surface area contributed by atoms with Crippen molar-refractivity contribution in [3.05, 3.63) is 29.3 Å². The van der Waals surface area contributed by atoms with Crippen molar-refractivity contribution in [1.82, 2.24) is 4.90 Å². The van der Waals surface area contributed by atoms with Gasteiger partial charge in [-0.2, -0.15) is 0 Å². The van der Waals surface area contributed by atoms with Crippen LogP contribution in [0.1, 0.15) is 36.8 Å². The van der Waals surface area contributed by atoms with Crippen LogP contribution in [0.15, 0.2) is 18.2 Å². The Bertz CT molecular complexity index is 392. The second-order valence-corrected chi connectivity index (χ2v) is 6.07. The van der Waals surface area contributed by atoms with E-state index >= 15 is 0 Å². The summed E-state index contributed by atoms with van der Waals surface area (Å²) in [6, 6.07) is 7.05. The Kier molecular flexibility index (Phi) is 5.26. The van der Waals surface area contributed by atoms with Crippen LogP contribution in [-0.2, 0) is 6.42 Å². The van der Waals surface area contributed by atoms with E-state index in [0.717, 1.165) is 0 Å². The topological polar surface area (TPSA) is 6.48 Å². The van der Waals surface area contributed by atoms with Crippen LogP contribution >= 0.6 is 0 Å². The van der Waals surface area contributed by atoms with Gasteiger partial charge in [0.2, 0.25) is 0 Å². The molecule has 0 N–H and O–H groups in total. The van der Waals surface area contributed by atoms with Crippen molar-refractivity contribution in [2.45, 2.75) is 39.0 Å². The molecule has 2 heteroatoms. The van der Waals surface area contributed by atoms with Crippen molar-refractivity contribution < 1.29 is 0 Å². The molecule has 1 heterocycles. The van der Waals surface area contributed by atoms with Crippen molar-refractivity contribution in [2.24, 2.45) is 0 Å². The molecule has 0 amide bonds. The molecule has 1 aromatic rings. The van der Waals surface area contributed by atoms with Crippen LogP contribution < -0.4 is 4.90 Å². The van der Waals surface area contributed by atoms with E-state index in [4.69, 9.17) is 0 Å². The molecule has 1 aliphatic heterocycles. The van der Waals surface area contributed by atoms with Crippen molar-refractivity contribution in [1.29, 1.82) is 0 Å². The van der Waals surface area contributed by atoms with Crippen molar-refractivity contribution in [3.63, 3.8) is 0 Å². The number of aryl methyl sites for hydroxylation is 2. The maximum absolute atomic E-state index is 2.54. The fourth-order valence-electron chi connectivity index (χ4n) is 2.90. The first-order chi connectivity index (χ1) is 9.16. The Hall–Kier alpha value is -1.02. The Morgan fingerprint density at radius 1 is 1.11 bits per heavy atom. The van der Waals surface area contributed by atoms with E-state index in [1.807, 2.05) is 0 Å². The van der Waals surface area contributed by atoms with Gasteiger partial charge >= 0.3 is 0 Å². The quantitative estimate of drug-likeness (QED) is 0.800. The van der Waals surface area contributed by atoms with Crippen LogP contribution in [0, 0.1) is 6.92 Å². The summed E-state index contributed by atoms with van der Waals surface area (Å²) in [6.07, 6.45) is 6.55. The van der Waals surface area contributed by atoms with Gasteiger partial charge in [0.15, 0.2) is 0 Å². The standard InChI is InChI=1S/C17H28N2/c1-15-14-17(19-12-5-4-6-13-19)10-9-16(15)8-7-11-18(2)3/h9-10,14H,4-8,11-13H2,1-3H3. The molecule has 0 aromatic heterocycles. The van der Waals surface area contributed by atoms with Gasteiger partial charge < -0.3 is 9.80 Å². The molecule has 1 aromatic carbocycles. The fraction of sp³-hybridized carbons (Fsp3) is 0.647. The lowest BCUT2D eigenvalue weighted by atomic mass is 10.0. The first-order valence-corrected chi connectivity index (χ1v) is 7.66. The Morgan fingerprint density at radius 2 is 1.84 bits per heavy atom. The largest absolute Gasteiger partial charge is 0.372 e. The lowest BCUT2D eigenvalue weighted by Gasteiger charge is -2.29. The molecule has 1 fully saturated rings. The van der Waals surface area contributed by atoms with Crippen LogP contribution in [0.2, 0.25) is 0 Å². The van der Waals surface area contributed by atoms with Gasteiger partial charge in [-0.3, -0.25) is 0 Å². The third-order valence-electron chi connectivity index (χ3n) is 4.10. The minimum atomic E-state index is 1.17. The second-order valence-electron chi connectivity index (χ2n) is 6.07. The lowest BCUT2D eigenvalue weighted by Crippen LogP contribution is -2.29. The maximum Gasteiger partial charge on any atom is 0.0369 e. The molecule has 1 aliphatic rings. The summed E-state index contributed by atoms with van der Waals surface area (Å²) in [5, 5.41) is 0. The number of hydrogen-bond donors (Lipinski definition) is 0. The van der Waals surface area contributed by atoms with Crippen LogP contribution in [0.4, 0.5) is 5.69 Å². The summed E-state index contributed by atoms with van der Waals surface area (Å²) < 4.78 is 0. The van der Waals surface area contributed by atoms with Gasteiger partial charge in [0.25, 0.3) is 0 Å².